The second-order valence-electron chi connectivity index (χ2n) is 2.92. The summed E-state index contributed by atoms with van der Waals surface area (Å²) in [6.45, 7) is 2.86. The van der Waals surface area contributed by atoms with Gasteiger partial charge in [0.2, 0.25) is 5.91 Å². The number of hydrogen-bond acceptors (Lipinski definition) is 2. The molecule has 0 aliphatic carbocycles. The summed E-state index contributed by atoms with van der Waals surface area (Å²) in [4.78, 5) is 13.2. The molecule has 1 saturated heterocycles. The fourth-order valence-electron chi connectivity index (χ4n) is 1.56. The van der Waals surface area contributed by atoms with Crippen LogP contribution in [0.25, 0.3) is 0 Å². The summed E-state index contributed by atoms with van der Waals surface area (Å²) < 4.78 is 0. The van der Waals surface area contributed by atoms with Gasteiger partial charge >= 0.3 is 0 Å². The summed E-state index contributed by atoms with van der Waals surface area (Å²) in [5.41, 5.74) is 0. The van der Waals surface area contributed by atoms with Gasteiger partial charge in [-0.05, 0) is 12.8 Å². The lowest BCUT2D eigenvalue weighted by Crippen LogP contribution is -2.35. The van der Waals surface area contributed by atoms with E-state index in [2.05, 4.69) is 12.6 Å². The molecule has 0 aromatic rings. The highest BCUT2D eigenvalue weighted by Gasteiger charge is 2.25. The molecule has 64 valence electrons. The molecule has 0 aromatic heterocycles. The Morgan fingerprint density at radius 3 is 3.00 bits per heavy atom. The lowest BCUT2D eigenvalue weighted by molar-refractivity contribution is -0.131. The largest absolute Gasteiger partial charge is 0.339 e. The monoisotopic (exact) mass is 173 g/mol. The number of amides is 1. The molecule has 0 N–H and O–H groups in total. The van der Waals surface area contributed by atoms with Crippen LogP contribution in [0.4, 0.5) is 0 Å². The summed E-state index contributed by atoms with van der Waals surface area (Å²) in [5, 5.41) is 0. The zero-order chi connectivity index (χ0) is 8.27. The van der Waals surface area contributed by atoms with Crippen LogP contribution in [0, 0.1) is 0 Å². The van der Waals surface area contributed by atoms with E-state index in [4.69, 9.17) is 0 Å². The maximum Gasteiger partial charge on any atom is 0.222 e. The van der Waals surface area contributed by atoms with E-state index >= 15 is 0 Å². The number of thiol groups is 1. The zero-order valence-electron chi connectivity index (χ0n) is 6.92. The number of nitrogens with zero attached hydrogens (tertiary/aromatic N) is 1. The topological polar surface area (TPSA) is 20.3 Å². The van der Waals surface area contributed by atoms with Gasteiger partial charge in [-0.25, -0.2) is 0 Å². The Bertz CT molecular complexity index is 149. The molecule has 0 aromatic carbocycles. The van der Waals surface area contributed by atoms with Crippen LogP contribution < -0.4 is 0 Å². The normalized spacial score (nSPS) is 24.2. The van der Waals surface area contributed by atoms with Gasteiger partial charge in [-0.3, -0.25) is 4.79 Å². The van der Waals surface area contributed by atoms with Crippen molar-refractivity contribution >= 4 is 18.5 Å². The van der Waals surface area contributed by atoms with E-state index in [1.54, 1.807) is 0 Å². The summed E-state index contributed by atoms with van der Waals surface area (Å²) in [6.07, 6.45) is 2.91. The predicted octanol–water partition coefficient (Wildman–Crippen LogP) is 1.32. The van der Waals surface area contributed by atoms with E-state index in [1.165, 1.54) is 0 Å². The predicted molar refractivity (Wildman–Crippen MR) is 48.9 cm³/mol. The summed E-state index contributed by atoms with van der Waals surface area (Å²) in [6, 6.07) is 0.408. The minimum Gasteiger partial charge on any atom is -0.339 e. The molecule has 0 bridgehead atoms. The van der Waals surface area contributed by atoms with Gasteiger partial charge in [-0.2, -0.15) is 12.6 Å². The summed E-state index contributed by atoms with van der Waals surface area (Å²) in [5.74, 6) is 1.09. The second kappa shape index (κ2) is 4.00. The van der Waals surface area contributed by atoms with Crippen LogP contribution in [-0.4, -0.2) is 29.1 Å². The highest BCUT2D eigenvalue weighted by Crippen LogP contribution is 2.18. The van der Waals surface area contributed by atoms with Crippen molar-refractivity contribution in [3.05, 3.63) is 0 Å². The van der Waals surface area contributed by atoms with E-state index in [-0.39, 0.29) is 5.91 Å². The van der Waals surface area contributed by atoms with Crippen molar-refractivity contribution < 1.29 is 4.79 Å². The molecule has 3 heteroatoms. The average Bonchev–Trinajstić information content (AvgIpc) is 2.50. The Morgan fingerprint density at radius 2 is 2.45 bits per heavy atom. The van der Waals surface area contributed by atoms with E-state index in [0.29, 0.717) is 12.5 Å². The molecular weight excluding hydrogens is 158 g/mol. The van der Waals surface area contributed by atoms with Crippen LogP contribution in [0.1, 0.15) is 26.2 Å². The Hall–Kier alpha value is -0.180. The lowest BCUT2D eigenvalue weighted by atomic mass is 10.2. The molecule has 1 aliphatic rings. The van der Waals surface area contributed by atoms with E-state index in [0.717, 1.165) is 25.1 Å². The first-order valence-electron chi connectivity index (χ1n) is 4.20. The van der Waals surface area contributed by atoms with E-state index < -0.39 is 0 Å². The standard InChI is InChI=1S/C8H15NOS/c1-2-8(10)9-5-3-4-7(9)6-11/h7,11H,2-6H2,1H3/t7-/m1/s1. The van der Waals surface area contributed by atoms with Crippen LogP contribution in [0.5, 0.6) is 0 Å². The number of carbonyl (C=O) groups excluding carboxylic acids is 1. The molecule has 1 heterocycles. The van der Waals surface area contributed by atoms with Gasteiger partial charge in [0, 0.05) is 24.8 Å². The third-order valence-corrected chi connectivity index (χ3v) is 2.63. The average molecular weight is 173 g/mol. The van der Waals surface area contributed by atoms with Gasteiger partial charge < -0.3 is 4.90 Å². The van der Waals surface area contributed by atoms with Gasteiger partial charge in [0.1, 0.15) is 0 Å². The van der Waals surface area contributed by atoms with Crippen LogP contribution in [0.2, 0.25) is 0 Å². The third kappa shape index (κ3) is 1.89. The minimum absolute atomic E-state index is 0.279. The first-order chi connectivity index (χ1) is 5.29. The molecule has 11 heavy (non-hydrogen) atoms. The highest BCUT2D eigenvalue weighted by atomic mass is 32.1. The minimum atomic E-state index is 0.279. The van der Waals surface area contributed by atoms with Crippen molar-refractivity contribution in [2.45, 2.75) is 32.2 Å². The third-order valence-electron chi connectivity index (χ3n) is 2.21. The maximum absolute atomic E-state index is 11.3. The van der Waals surface area contributed by atoms with Gasteiger partial charge in [0.05, 0.1) is 0 Å². The van der Waals surface area contributed by atoms with Crippen molar-refractivity contribution in [1.82, 2.24) is 4.90 Å². The number of hydrogen-bond donors (Lipinski definition) is 1. The molecule has 0 unspecified atom stereocenters. The van der Waals surface area contributed by atoms with E-state index in [1.807, 2.05) is 11.8 Å². The zero-order valence-corrected chi connectivity index (χ0v) is 7.81. The molecule has 0 saturated carbocycles. The van der Waals surface area contributed by atoms with Crippen LogP contribution in [0.15, 0.2) is 0 Å². The van der Waals surface area contributed by atoms with Crippen LogP contribution in [-0.2, 0) is 4.79 Å². The quantitative estimate of drug-likeness (QED) is 0.624. The number of likely N-dealkylation sites (tertiary alicyclic amines) is 1. The van der Waals surface area contributed by atoms with Gasteiger partial charge in [0.25, 0.3) is 0 Å². The first kappa shape index (κ1) is 8.91. The molecule has 1 aliphatic heterocycles. The van der Waals surface area contributed by atoms with Crippen LogP contribution in [0.3, 0.4) is 0 Å². The van der Waals surface area contributed by atoms with Crippen molar-refractivity contribution in [2.75, 3.05) is 12.3 Å². The molecule has 1 atom stereocenters. The molecule has 0 radical (unpaired) electrons. The first-order valence-corrected chi connectivity index (χ1v) is 4.83. The summed E-state index contributed by atoms with van der Waals surface area (Å²) >= 11 is 4.21. The summed E-state index contributed by atoms with van der Waals surface area (Å²) in [7, 11) is 0. The lowest BCUT2D eigenvalue weighted by Gasteiger charge is -2.22. The van der Waals surface area contributed by atoms with Gasteiger partial charge in [-0.15, -0.1) is 0 Å². The Balaban J connectivity index is 2.49. The van der Waals surface area contributed by atoms with Crippen molar-refractivity contribution in [3.63, 3.8) is 0 Å². The Labute approximate surface area is 73.4 Å². The SMILES string of the molecule is CCC(=O)N1CCC[C@@H]1CS. The highest BCUT2D eigenvalue weighted by molar-refractivity contribution is 7.80. The second-order valence-corrected chi connectivity index (χ2v) is 3.28. The van der Waals surface area contributed by atoms with Crippen molar-refractivity contribution in [1.29, 1.82) is 0 Å². The molecule has 0 spiro atoms. The molecular formula is C8H15NOS. The fraction of sp³-hybridized carbons (Fsp3) is 0.875. The molecule has 1 amide bonds. The molecule has 1 fully saturated rings. The van der Waals surface area contributed by atoms with Crippen molar-refractivity contribution in [3.8, 4) is 0 Å². The van der Waals surface area contributed by atoms with E-state index in [9.17, 15) is 4.79 Å². The number of carbonyl (C=O) groups is 1. The smallest absolute Gasteiger partial charge is 0.222 e. The fourth-order valence-corrected chi connectivity index (χ4v) is 1.94. The van der Waals surface area contributed by atoms with Gasteiger partial charge in [0.15, 0.2) is 0 Å². The molecule has 2 nitrogen and oxygen atoms in total. The Kier molecular flexibility index (Phi) is 3.24. The van der Waals surface area contributed by atoms with Crippen LogP contribution >= 0.6 is 12.6 Å². The maximum atomic E-state index is 11.3. The molecule has 1 rings (SSSR count). The number of rotatable bonds is 2. The van der Waals surface area contributed by atoms with Gasteiger partial charge in [-0.1, -0.05) is 6.92 Å². The Morgan fingerprint density at radius 1 is 1.73 bits per heavy atom. The van der Waals surface area contributed by atoms with Crippen molar-refractivity contribution in [2.24, 2.45) is 0 Å².